The molecule has 0 heterocycles. The van der Waals surface area contributed by atoms with Crippen LogP contribution in [0, 0.1) is 23.7 Å². The van der Waals surface area contributed by atoms with E-state index < -0.39 is 0 Å². The Morgan fingerprint density at radius 3 is 2.73 bits per heavy atom. The second-order valence-electron chi connectivity index (χ2n) is 5.80. The van der Waals surface area contributed by atoms with E-state index in [1.165, 1.54) is 31.3 Å². The summed E-state index contributed by atoms with van der Waals surface area (Å²) in [4.78, 5) is 0. The van der Waals surface area contributed by atoms with Crippen LogP contribution in [-0.4, -0.2) is 0 Å². The van der Waals surface area contributed by atoms with Gasteiger partial charge in [-0.3, -0.25) is 0 Å². The summed E-state index contributed by atoms with van der Waals surface area (Å²) in [6.45, 7) is 11.2. The van der Waals surface area contributed by atoms with Gasteiger partial charge < -0.3 is 0 Å². The van der Waals surface area contributed by atoms with Crippen LogP contribution < -0.4 is 0 Å². The molecule has 2 rings (SSSR count). The van der Waals surface area contributed by atoms with Crippen molar-refractivity contribution in [3.05, 3.63) is 23.8 Å². The molecular formula is C15H24. The first-order chi connectivity index (χ1) is 7.09. The summed E-state index contributed by atoms with van der Waals surface area (Å²) in [6, 6.07) is 0. The van der Waals surface area contributed by atoms with Crippen LogP contribution in [-0.2, 0) is 0 Å². The van der Waals surface area contributed by atoms with Gasteiger partial charge >= 0.3 is 0 Å². The number of rotatable bonds is 1. The van der Waals surface area contributed by atoms with Gasteiger partial charge in [0.25, 0.3) is 0 Å². The van der Waals surface area contributed by atoms with Crippen molar-refractivity contribution in [2.75, 3.05) is 0 Å². The Hall–Kier alpha value is -0.520. The molecule has 0 radical (unpaired) electrons. The van der Waals surface area contributed by atoms with Crippen LogP contribution in [0.4, 0.5) is 0 Å². The molecule has 0 N–H and O–H groups in total. The molecule has 0 aromatic carbocycles. The molecule has 0 aliphatic heterocycles. The minimum Gasteiger partial charge on any atom is -0.0998 e. The summed E-state index contributed by atoms with van der Waals surface area (Å²) < 4.78 is 0. The summed E-state index contributed by atoms with van der Waals surface area (Å²) in [6.07, 6.45) is 8.07. The van der Waals surface area contributed by atoms with Crippen molar-refractivity contribution in [1.82, 2.24) is 0 Å². The third-order valence-corrected chi connectivity index (χ3v) is 4.60. The van der Waals surface area contributed by atoms with Crippen molar-refractivity contribution in [3.8, 4) is 0 Å². The normalized spacial score (nSPS) is 40.6. The first-order valence-electron chi connectivity index (χ1n) is 6.42. The highest BCUT2D eigenvalue weighted by Crippen LogP contribution is 2.47. The van der Waals surface area contributed by atoms with Gasteiger partial charge in [0.05, 0.1) is 0 Å². The second kappa shape index (κ2) is 4.15. The second-order valence-corrected chi connectivity index (χ2v) is 5.80. The standard InChI is InChI=1S/C15H24/c1-10(2)13-8-6-12(4)14-7-5-11(3)9-15(13)14/h9,12-15H,1,5-8H2,2-4H3/t12-,13+,14+,15-/m0/s1. The Labute approximate surface area is 94.5 Å². The van der Waals surface area contributed by atoms with E-state index in [0.717, 1.165) is 23.7 Å². The molecule has 0 saturated heterocycles. The van der Waals surface area contributed by atoms with E-state index in [1.54, 1.807) is 5.57 Å². The van der Waals surface area contributed by atoms with Gasteiger partial charge in [-0.25, -0.2) is 0 Å². The van der Waals surface area contributed by atoms with Crippen molar-refractivity contribution < 1.29 is 0 Å². The lowest BCUT2D eigenvalue weighted by Gasteiger charge is -2.44. The van der Waals surface area contributed by atoms with Crippen molar-refractivity contribution in [1.29, 1.82) is 0 Å². The van der Waals surface area contributed by atoms with Crippen molar-refractivity contribution in [2.24, 2.45) is 23.7 Å². The van der Waals surface area contributed by atoms with E-state index >= 15 is 0 Å². The smallest absolute Gasteiger partial charge is 0.0134 e. The van der Waals surface area contributed by atoms with Crippen molar-refractivity contribution >= 4 is 0 Å². The maximum atomic E-state index is 4.19. The SMILES string of the molecule is C=C(C)[C@H]1CC[C@H](C)[C@H]2CCC(C)=C[C@H]21. The summed E-state index contributed by atoms with van der Waals surface area (Å²) in [5.41, 5.74) is 3.01. The molecule has 0 bridgehead atoms. The largest absolute Gasteiger partial charge is 0.0998 e. The summed E-state index contributed by atoms with van der Waals surface area (Å²) in [5.74, 6) is 3.43. The molecule has 2 aliphatic carbocycles. The number of allylic oxidation sites excluding steroid dienone is 3. The molecular weight excluding hydrogens is 180 g/mol. The molecule has 2 aliphatic rings. The zero-order valence-electron chi connectivity index (χ0n) is 10.4. The average molecular weight is 204 g/mol. The van der Waals surface area contributed by atoms with E-state index in [0.29, 0.717) is 0 Å². The van der Waals surface area contributed by atoms with Crippen LogP contribution in [0.15, 0.2) is 23.8 Å². The molecule has 0 unspecified atom stereocenters. The first-order valence-corrected chi connectivity index (χ1v) is 6.42. The van der Waals surface area contributed by atoms with Crippen LogP contribution in [0.2, 0.25) is 0 Å². The molecule has 0 heteroatoms. The fourth-order valence-corrected chi connectivity index (χ4v) is 3.62. The number of fused-ring (bicyclic) bond motifs is 1. The van der Waals surface area contributed by atoms with E-state index in [-0.39, 0.29) is 0 Å². The Bertz CT molecular complexity index is 284. The van der Waals surface area contributed by atoms with Gasteiger partial charge in [-0.1, -0.05) is 30.7 Å². The fourth-order valence-electron chi connectivity index (χ4n) is 3.62. The maximum Gasteiger partial charge on any atom is -0.0134 e. The van der Waals surface area contributed by atoms with E-state index in [2.05, 4.69) is 33.4 Å². The van der Waals surface area contributed by atoms with Crippen LogP contribution >= 0.6 is 0 Å². The van der Waals surface area contributed by atoms with Crippen LogP contribution in [0.1, 0.15) is 46.5 Å². The minimum atomic E-state index is 0.765. The van der Waals surface area contributed by atoms with Crippen LogP contribution in [0.25, 0.3) is 0 Å². The maximum absolute atomic E-state index is 4.19. The lowest BCUT2D eigenvalue weighted by molar-refractivity contribution is 0.135. The van der Waals surface area contributed by atoms with Gasteiger partial charge in [0.1, 0.15) is 0 Å². The monoisotopic (exact) mass is 204 g/mol. The predicted molar refractivity (Wildman–Crippen MR) is 66.7 cm³/mol. The quantitative estimate of drug-likeness (QED) is 0.548. The van der Waals surface area contributed by atoms with Gasteiger partial charge in [0, 0.05) is 0 Å². The van der Waals surface area contributed by atoms with Crippen LogP contribution in [0.3, 0.4) is 0 Å². The summed E-state index contributed by atoms with van der Waals surface area (Å²) in [7, 11) is 0. The summed E-state index contributed by atoms with van der Waals surface area (Å²) in [5, 5.41) is 0. The molecule has 1 saturated carbocycles. The zero-order chi connectivity index (χ0) is 11.0. The Morgan fingerprint density at radius 2 is 2.07 bits per heavy atom. The van der Waals surface area contributed by atoms with Gasteiger partial charge in [-0.05, 0) is 63.2 Å². The lowest BCUT2D eigenvalue weighted by Crippen LogP contribution is -2.34. The lowest BCUT2D eigenvalue weighted by atomic mass is 9.61. The average Bonchev–Trinajstić information content (AvgIpc) is 2.17. The topological polar surface area (TPSA) is 0 Å². The summed E-state index contributed by atoms with van der Waals surface area (Å²) >= 11 is 0. The molecule has 0 aromatic heterocycles. The highest BCUT2D eigenvalue weighted by molar-refractivity contribution is 5.15. The van der Waals surface area contributed by atoms with Crippen molar-refractivity contribution in [2.45, 2.75) is 46.5 Å². The van der Waals surface area contributed by atoms with E-state index in [4.69, 9.17) is 0 Å². The highest BCUT2D eigenvalue weighted by Gasteiger charge is 2.37. The van der Waals surface area contributed by atoms with E-state index in [1.807, 2.05) is 0 Å². The van der Waals surface area contributed by atoms with E-state index in [9.17, 15) is 0 Å². The minimum absolute atomic E-state index is 0.765. The molecule has 0 spiro atoms. The Morgan fingerprint density at radius 1 is 1.33 bits per heavy atom. The number of hydrogen-bond donors (Lipinski definition) is 0. The van der Waals surface area contributed by atoms with Gasteiger partial charge in [0.2, 0.25) is 0 Å². The number of hydrogen-bond acceptors (Lipinski definition) is 0. The highest BCUT2D eigenvalue weighted by atomic mass is 14.4. The van der Waals surface area contributed by atoms with Crippen LogP contribution in [0.5, 0.6) is 0 Å². The zero-order valence-corrected chi connectivity index (χ0v) is 10.4. The predicted octanol–water partition coefficient (Wildman–Crippen LogP) is 4.58. The first kappa shape index (κ1) is 11.0. The van der Waals surface area contributed by atoms with Gasteiger partial charge in [-0.2, -0.15) is 0 Å². The van der Waals surface area contributed by atoms with Gasteiger partial charge in [0.15, 0.2) is 0 Å². The molecule has 0 nitrogen and oxygen atoms in total. The molecule has 84 valence electrons. The van der Waals surface area contributed by atoms with Crippen molar-refractivity contribution in [3.63, 3.8) is 0 Å². The Kier molecular flexibility index (Phi) is 3.04. The molecule has 4 atom stereocenters. The third kappa shape index (κ3) is 2.04. The Balaban J connectivity index is 2.24. The third-order valence-electron chi connectivity index (χ3n) is 4.60. The molecule has 0 amide bonds. The molecule has 0 aromatic rings. The fraction of sp³-hybridized carbons (Fsp3) is 0.733. The molecule has 15 heavy (non-hydrogen) atoms. The van der Waals surface area contributed by atoms with Gasteiger partial charge in [-0.15, -0.1) is 0 Å². The molecule has 1 fully saturated rings.